The van der Waals surface area contributed by atoms with Gasteiger partial charge in [-0.05, 0) is 18.9 Å². The number of nitrogens with zero attached hydrogens (tertiary/aromatic N) is 2. The molecule has 0 bridgehead atoms. The Balaban J connectivity index is 2.02. The van der Waals surface area contributed by atoms with Gasteiger partial charge >= 0.3 is 6.03 Å². The molecule has 2 rings (SSSR count). The van der Waals surface area contributed by atoms with E-state index in [0.717, 1.165) is 18.5 Å². The Hall–Kier alpha value is -1.84. The van der Waals surface area contributed by atoms with Crippen LogP contribution >= 0.6 is 0 Å². The molecule has 4 nitrogen and oxygen atoms in total. The minimum absolute atomic E-state index is 0.116. The Morgan fingerprint density at radius 2 is 2.12 bits per heavy atom. The monoisotopic (exact) mass is 217 g/mol. The van der Waals surface area contributed by atoms with Gasteiger partial charge in [0.05, 0.1) is 6.21 Å². The molecule has 1 aromatic carbocycles. The maximum absolute atomic E-state index is 11.4. The smallest absolute Gasteiger partial charge is 0.336 e. The summed E-state index contributed by atoms with van der Waals surface area (Å²) in [6.07, 6.45) is 2.65. The van der Waals surface area contributed by atoms with E-state index >= 15 is 0 Å². The third kappa shape index (κ3) is 2.59. The molecule has 1 N–H and O–H groups in total. The number of carbonyl (C=O) groups is 1. The van der Waals surface area contributed by atoms with Crippen LogP contribution in [0.4, 0.5) is 4.79 Å². The number of urea groups is 1. The molecule has 84 valence electrons. The lowest BCUT2D eigenvalue weighted by atomic mass is 10.2. The van der Waals surface area contributed by atoms with E-state index in [9.17, 15) is 4.79 Å². The molecular weight excluding hydrogens is 202 g/mol. The van der Waals surface area contributed by atoms with Crippen molar-refractivity contribution in [3.63, 3.8) is 0 Å². The fourth-order valence-electron chi connectivity index (χ4n) is 1.52. The molecule has 0 saturated carbocycles. The van der Waals surface area contributed by atoms with Crippen LogP contribution in [0.25, 0.3) is 0 Å². The van der Waals surface area contributed by atoms with E-state index in [0.29, 0.717) is 6.54 Å². The van der Waals surface area contributed by atoms with Gasteiger partial charge in [0, 0.05) is 13.1 Å². The molecule has 0 radical (unpaired) electrons. The number of amides is 2. The normalized spacial score (nSPS) is 16.6. The molecule has 4 heteroatoms. The lowest BCUT2D eigenvalue weighted by Gasteiger charge is -2.22. The first-order chi connectivity index (χ1) is 7.75. The Bertz CT molecular complexity index is 397. The average molecular weight is 217 g/mol. The minimum atomic E-state index is -0.116. The number of carbonyl (C=O) groups excluding carboxylic acids is 1. The summed E-state index contributed by atoms with van der Waals surface area (Å²) in [5, 5.41) is 8.37. The van der Waals surface area contributed by atoms with Gasteiger partial charge in [0.25, 0.3) is 0 Å². The van der Waals surface area contributed by atoms with Gasteiger partial charge in [-0.1, -0.05) is 29.8 Å². The second-order valence-electron chi connectivity index (χ2n) is 3.86. The minimum Gasteiger partial charge on any atom is -0.336 e. The van der Waals surface area contributed by atoms with Crippen molar-refractivity contribution < 1.29 is 4.79 Å². The molecule has 1 aliphatic rings. The van der Waals surface area contributed by atoms with Crippen molar-refractivity contribution in [3.8, 4) is 0 Å². The largest absolute Gasteiger partial charge is 0.337 e. The van der Waals surface area contributed by atoms with Gasteiger partial charge in [0.15, 0.2) is 0 Å². The predicted molar refractivity (Wildman–Crippen MR) is 63.5 cm³/mol. The zero-order valence-electron chi connectivity index (χ0n) is 9.31. The zero-order valence-corrected chi connectivity index (χ0v) is 9.31. The van der Waals surface area contributed by atoms with Gasteiger partial charge in [-0.3, -0.25) is 0 Å². The molecule has 0 atom stereocenters. The van der Waals surface area contributed by atoms with Crippen molar-refractivity contribution in [1.82, 2.24) is 10.3 Å². The lowest BCUT2D eigenvalue weighted by Crippen LogP contribution is -2.43. The zero-order chi connectivity index (χ0) is 11.4. The van der Waals surface area contributed by atoms with Gasteiger partial charge in [-0.25, -0.2) is 9.80 Å². The standard InChI is InChI=1S/C12H15N3O/c1-10-3-5-11(6-4-10)9-14-15-8-2-7-13-12(15)16/h3-6,9H,2,7-8H2,1H3,(H,13,16)/b14-9+. The molecule has 0 aromatic heterocycles. The third-order valence-electron chi connectivity index (χ3n) is 2.48. The number of benzene rings is 1. The Kier molecular flexibility index (Phi) is 3.19. The highest BCUT2D eigenvalue weighted by atomic mass is 16.2. The van der Waals surface area contributed by atoms with Crippen molar-refractivity contribution in [3.05, 3.63) is 35.4 Å². The summed E-state index contributed by atoms with van der Waals surface area (Å²) in [7, 11) is 0. The average Bonchev–Trinajstić information content (AvgIpc) is 2.30. The number of hydrogen-bond acceptors (Lipinski definition) is 2. The van der Waals surface area contributed by atoms with Gasteiger partial charge in [0.1, 0.15) is 0 Å². The summed E-state index contributed by atoms with van der Waals surface area (Å²) in [5.41, 5.74) is 2.22. The van der Waals surface area contributed by atoms with Gasteiger partial charge < -0.3 is 5.32 Å². The number of rotatable bonds is 2. The van der Waals surface area contributed by atoms with Crippen LogP contribution in [0.15, 0.2) is 29.4 Å². The molecule has 1 fully saturated rings. The molecule has 0 unspecified atom stereocenters. The molecule has 0 spiro atoms. The number of aryl methyl sites for hydroxylation is 1. The number of hydrazone groups is 1. The van der Waals surface area contributed by atoms with E-state index < -0.39 is 0 Å². The van der Waals surface area contributed by atoms with Gasteiger partial charge in [-0.2, -0.15) is 5.10 Å². The summed E-state index contributed by atoms with van der Waals surface area (Å²) in [6, 6.07) is 7.91. The predicted octanol–water partition coefficient (Wildman–Crippen LogP) is 1.74. The molecule has 1 heterocycles. The summed E-state index contributed by atoms with van der Waals surface area (Å²) in [6.45, 7) is 3.47. The summed E-state index contributed by atoms with van der Waals surface area (Å²) >= 11 is 0. The molecule has 1 aliphatic heterocycles. The fraction of sp³-hybridized carbons (Fsp3) is 0.333. The number of hydrogen-bond donors (Lipinski definition) is 1. The van der Waals surface area contributed by atoms with Crippen LogP contribution in [0.2, 0.25) is 0 Å². The van der Waals surface area contributed by atoms with Gasteiger partial charge in [0.2, 0.25) is 0 Å². The maximum Gasteiger partial charge on any atom is 0.337 e. The Morgan fingerprint density at radius 3 is 2.81 bits per heavy atom. The first-order valence-electron chi connectivity index (χ1n) is 5.42. The molecule has 1 saturated heterocycles. The second-order valence-corrected chi connectivity index (χ2v) is 3.86. The van der Waals surface area contributed by atoms with Crippen LogP contribution in [0.5, 0.6) is 0 Å². The SMILES string of the molecule is Cc1ccc(/C=N/N2CCCNC2=O)cc1. The Morgan fingerprint density at radius 1 is 1.38 bits per heavy atom. The van der Waals surface area contributed by atoms with E-state index in [1.165, 1.54) is 10.6 Å². The summed E-state index contributed by atoms with van der Waals surface area (Å²) < 4.78 is 0. The van der Waals surface area contributed by atoms with Crippen LogP contribution < -0.4 is 5.32 Å². The van der Waals surface area contributed by atoms with E-state index in [2.05, 4.69) is 10.4 Å². The second kappa shape index (κ2) is 4.79. The van der Waals surface area contributed by atoms with Crippen LogP contribution in [0.3, 0.4) is 0 Å². The van der Waals surface area contributed by atoms with Crippen molar-refractivity contribution in [1.29, 1.82) is 0 Å². The molecule has 16 heavy (non-hydrogen) atoms. The molecule has 0 aliphatic carbocycles. The first kappa shape index (κ1) is 10.7. The van der Waals surface area contributed by atoms with Crippen molar-refractivity contribution >= 4 is 12.2 Å². The lowest BCUT2D eigenvalue weighted by molar-refractivity contribution is 0.189. The van der Waals surface area contributed by atoms with Gasteiger partial charge in [-0.15, -0.1) is 0 Å². The van der Waals surface area contributed by atoms with Crippen LogP contribution in [0.1, 0.15) is 17.5 Å². The van der Waals surface area contributed by atoms with E-state index in [1.807, 2.05) is 31.2 Å². The topological polar surface area (TPSA) is 44.7 Å². The highest BCUT2D eigenvalue weighted by Gasteiger charge is 2.15. The molecule has 2 amide bonds. The highest BCUT2D eigenvalue weighted by Crippen LogP contribution is 2.03. The van der Waals surface area contributed by atoms with E-state index in [1.54, 1.807) is 6.21 Å². The highest BCUT2D eigenvalue weighted by molar-refractivity contribution is 5.82. The van der Waals surface area contributed by atoms with Crippen molar-refractivity contribution in [2.24, 2.45) is 5.10 Å². The van der Waals surface area contributed by atoms with Crippen molar-refractivity contribution in [2.45, 2.75) is 13.3 Å². The molecular formula is C12H15N3O. The van der Waals surface area contributed by atoms with E-state index in [-0.39, 0.29) is 6.03 Å². The van der Waals surface area contributed by atoms with Crippen LogP contribution in [0, 0.1) is 6.92 Å². The first-order valence-corrected chi connectivity index (χ1v) is 5.42. The number of nitrogens with one attached hydrogen (secondary N) is 1. The van der Waals surface area contributed by atoms with E-state index in [4.69, 9.17) is 0 Å². The third-order valence-corrected chi connectivity index (χ3v) is 2.48. The summed E-state index contributed by atoms with van der Waals surface area (Å²) in [5.74, 6) is 0. The molecule has 1 aromatic rings. The summed E-state index contributed by atoms with van der Waals surface area (Å²) in [4.78, 5) is 11.4. The van der Waals surface area contributed by atoms with Crippen molar-refractivity contribution in [2.75, 3.05) is 13.1 Å². The maximum atomic E-state index is 11.4. The Labute approximate surface area is 95.0 Å². The van der Waals surface area contributed by atoms with Crippen LogP contribution in [-0.4, -0.2) is 30.3 Å². The quantitative estimate of drug-likeness (QED) is 0.753. The van der Waals surface area contributed by atoms with Crippen LogP contribution in [-0.2, 0) is 0 Å². The fourth-order valence-corrected chi connectivity index (χ4v) is 1.52.